The molecule has 0 aromatic carbocycles. The van der Waals surface area contributed by atoms with Crippen molar-refractivity contribution in [1.29, 1.82) is 5.26 Å². The molecule has 3 nitrogen and oxygen atoms in total. The van der Waals surface area contributed by atoms with Gasteiger partial charge in [0.2, 0.25) is 0 Å². The number of hydrogen-bond donors (Lipinski definition) is 0. The standard InChI is InChI=1S/C12H15N3/c13-9-11(10-5-2-1-3-6-10)12-14-7-4-8-15-12/h4,7-8,10-11H,1-3,5-6H2. The lowest BCUT2D eigenvalue weighted by Gasteiger charge is -2.24. The van der Waals surface area contributed by atoms with Crippen molar-refractivity contribution >= 4 is 0 Å². The summed E-state index contributed by atoms with van der Waals surface area (Å²) < 4.78 is 0. The maximum absolute atomic E-state index is 9.20. The van der Waals surface area contributed by atoms with E-state index in [2.05, 4.69) is 16.0 Å². The molecule has 1 atom stereocenters. The minimum absolute atomic E-state index is 0.105. The van der Waals surface area contributed by atoms with E-state index in [1.54, 1.807) is 18.5 Å². The largest absolute Gasteiger partial charge is 0.240 e. The fraction of sp³-hybridized carbons (Fsp3) is 0.583. The van der Waals surface area contributed by atoms with E-state index < -0.39 is 0 Å². The maximum atomic E-state index is 9.20. The summed E-state index contributed by atoms with van der Waals surface area (Å²) in [4.78, 5) is 8.38. The Kier molecular flexibility index (Phi) is 3.29. The van der Waals surface area contributed by atoms with Crippen LogP contribution in [0.25, 0.3) is 0 Å². The van der Waals surface area contributed by atoms with E-state index in [9.17, 15) is 5.26 Å². The summed E-state index contributed by atoms with van der Waals surface area (Å²) in [5.74, 6) is 1.06. The molecule has 1 aliphatic carbocycles. The highest BCUT2D eigenvalue weighted by Gasteiger charge is 2.26. The molecular formula is C12H15N3. The average Bonchev–Trinajstić information content (AvgIpc) is 2.33. The van der Waals surface area contributed by atoms with Crippen LogP contribution in [0.4, 0.5) is 0 Å². The molecule has 78 valence electrons. The molecule has 2 rings (SSSR count). The van der Waals surface area contributed by atoms with Crippen LogP contribution >= 0.6 is 0 Å². The molecule has 0 radical (unpaired) electrons. The van der Waals surface area contributed by atoms with Gasteiger partial charge >= 0.3 is 0 Å². The van der Waals surface area contributed by atoms with E-state index in [-0.39, 0.29) is 5.92 Å². The third kappa shape index (κ3) is 2.33. The number of rotatable bonds is 2. The van der Waals surface area contributed by atoms with Gasteiger partial charge in [0.25, 0.3) is 0 Å². The number of nitrogens with zero attached hydrogens (tertiary/aromatic N) is 3. The highest BCUT2D eigenvalue weighted by molar-refractivity contribution is 5.10. The summed E-state index contributed by atoms with van der Waals surface area (Å²) in [5, 5.41) is 9.20. The van der Waals surface area contributed by atoms with Gasteiger partial charge in [-0.3, -0.25) is 0 Å². The Balaban J connectivity index is 2.14. The minimum atomic E-state index is -0.105. The molecule has 0 aliphatic heterocycles. The van der Waals surface area contributed by atoms with Gasteiger partial charge in [-0.2, -0.15) is 5.26 Å². The molecule has 0 N–H and O–H groups in total. The van der Waals surface area contributed by atoms with Crippen molar-refractivity contribution in [2.24, 2.45) is 5.92 Å². The van der Waals surface area contributed by atoms with Crippen molar-refractivity contribution < 1.29 is 0 Å². The van der Waals surface area contributed by atoms with Crippen molar-refractivity contribution in [2.45, 2.75) is 38.0 Å². The fourth-order valence-electron chi connectivity index (χ4n) is 2.31. The molecule has 1 heterocycles. The molecule has 3 heteroatoms. The molecule has 0 saturated heterocycles. The molecule has 1 aliphatic rings. The number of aromatic nitrogens is 2. The third-order valence-electron chi connectivity index (χ3n) is 3.12. The van der Waals surface area contributed by atoms with Crippen LogP contribution in [0.1, 0.15) is 43.8 Å². The van der Waals surface area contributed by atoms with E-state index in [1.807, 2.05) is 0 Å². The van der Waals surface area contributed by atoms with E-state index in [1.165, 1.54) is 19.3 Å². The van der Waals surface area contributed by atoms with Gasteiger partial charge in [0.1, 0.15) is 11.7 Å². The normalized spacial score (nSPS) is 19.4. The predicted molar refractivity (Wildman–Crippen MR) is 57.0 cm³/mol. The Morgan fingerprint density at radius 1 is 1.20 bits per heavy atom. The first-order valence-corrected chi connectivity index (χ1v) is 5.58. The second-order valence-electron chi connectivity index (χ2n) is 4.11. The highest BCUT2D eigenvalue weighted by Crippen LogP contribution is 2.33. The molecule has 0 spiro atoms. The van der Waals surface area contributed by atoms with Crippen LogP contribution in [0.2, 0.25) is 0 Å². The second kappa shape index (κ2) is 4.88. The second-order valence-corrected chi connectivity index (χ2v) is 4.11. The van der Waals surface area contributed by atoms with Gasteiger partial charge in [0, 0.05) is 12.4 Å². The Labute approximate surface area is 90.2 Å². The van der Waals surface area contributed by atoms with E-state index in [0.29, 0.717) is 11.7 Å². The van der Waals surface area contributed by atoms with Crippen LogP contribution in [0, 0.1) is 17.2 Å². The molecule has 15 heavy (non-hydrogen) atoms. The smallest absolute Gasteiger partial charge is 0.145 e. The molecule has 0 bridgehead atoms. The SMILES string of the molecule is N#CC(c1ncccn1)C1CCCCC1. The number of nitriles is 1. The van der Waals surface area contributed by atoms with Gasteiger partial charge in [0.15, 0.2) is 0 Å². The summed E-state index contributed by atoms with van der Waals surface area (Å²) >= 11 is 0. The zero-order chi connectivity index (χ0) is 10.5. The molecular weight excluding hydrogens is 186 g/mol. The molecule has 1 aromatic rings. The molecule has 0 amide bonds. The topological polar surface area (TPSA) is 49.6 Å². The molecule has 1 unspecified atom stereocenters. The Bertz CT molecular complexity index is 336. The van der Waals surface area contributed by atoms with Crippen molar-refractivity contribution in [1.82, 2.24) is 9.97 Å². The average molecular weight is 201 g/mol. The number of hydrogen-bond acceptors (Lipinski definition) is 3. The van der Waals surface area contributed by atoms with Crippen molar-refractivity contribution in [3.63, 3.8) is 0 Å². The Morgan fingerprint density at radius 2 is 1.87 bits per heavy atom. The molecule has 1 aromatic heterocycles. The van der Waals surface area contributed by atoms with Crippen molar-refractivity contribution in [3.05, 3.63) is 24.3 Å². The minimum Gasteiger partial charge on any atom is -0.240 e. The van der Waals surface area contributed by atoms with Crippen LogP contribution in [0.15, 0.2) is 18.5 Å². The van der Waals surface area contributed by atoms with Crippen LogP contribution in [-0.4, -0.2) is 9.97 Å². The van der Waals surface area contributed by atoms with Gasteiger partial charge in [-0.25, -0.2) is 9.97 Å². The third-order valence-corrected chi connectivity index (χ3v) is 3.12. The van der Waals surface area contributed by atoms with E-state index >= 15 is 0 Å². The first-order valence-electron chi connectivity index (χ1n) is 5.58. The monoisotopic (exact) mass is 201 g/mol. The summed E-state index contributed by atoms with van der Waals surface area (Å²) in [6.07, 6.45) is 9.54. The summed E-state index contributed by atoms with van der Waals surface area (Å²) in [5.41, 5.74) is 0. The van der Waals surface area contributed by atoms with Gasteiger partial charge < -0.3 is 0 Å². The summed E-state index contributed by atoms with van der Waals surface area (Å²) in [7, 11) is 0. The quantitative estimate of drug-likeness (QED) is 0.739. The summed E-state index contributed by atoms with van der Waals surface area (Å²) in [6, 6.07) is 4.15. The lowest BCUT2D eigenvalue weighted by atomic mass is 9.80. The lowest BCUT2D eigenvalue weighted by Crippen LogP contribution is -2.17. The van der Waals surface area contributed by atoms with Gasteiger partial charge in [0.05, 0.1) is 6.07 Å². The molecule has 1 saturated carbocycles. The van der Waals surface area contributed by atoms with Gasteiger partial charge in [-0.15, -0.1) is 0 Å². The Hall–Kier alpha value is -1.43. The maximum Gasteiger partial charge on any atom is 0.145 e. The van der Waals surface area contributed by atoms with Crippen LogP contribution in [-0.2, 0) is 0 Å². The van der Waals surface area contributed by atoms with Crippen LogP contribution in [0.5, 0.6) is 0 Å². The van der Waals surface area contributed by atoms with Gasteiger partial charge in [-0.1, -0.05) is 19.3 Å². The van der Waals surface area contributed by atoms with E-state index in [4.69, 9.17) is 0 Å². The zero-order valence-electron chi connectivity index (χ0n) is 8.76. The summed E-state index contributed by atoms with van der Waals surface area (Å²) in [6.45, 7) is 0. The van der Waals surface area contributed by atoms with Crippen LogP contribution < -0.4 is 0 Å². The van der Waals surface area contributed by atoms with E-state index in [0.717, 1.165) is 12.8 Å². The first-order chi connectivity index (χ1) is 7.42. The first kappa shape index (κ1) is 10.1. The highest BCUT2D eigenvalue weighted by atomic mass is 14.9. The van der Waals surface area contributed by atoms with Crippen molar-refractivity contribution in [2.75, 3.05) is 0 Å². The van der Waals surface area contributed by atoms with Gasteiger partial charge in [-0.05, 0) is 24.8 Å². The van der Waals surface area contributed by atoms with Crippen LogP contribution in [0.3, 0.4) is 0 Å². The Morgan fingerprint density at radius 3 is 2.47 bits per heavy atom. The van der Waals surface area contributed by atoms with Crippen molar-refractivity contribution in [3.8, 4) is 6.07 Å². The lowest BCUT2D eigenvalue weighted by molar-refractivity contribution is 0.329. The molecule has 1 fully saturated rings. The zero-order valence-corrected chi connectivity index (χ0v) is 8.76. The predicted octanol–water partition coefficient (Wildman–Crippen LogP) is 2.66. The fourth-order valence-corrected chi connectivity index (χ4v) is 2.31.